The average Bonchev–Trinajstić information content (AvgIpc) is 4.14. The Bertz CT molecular complexity index is 4100. The minimum atomic E-state index is -0.451. The molecule has 15 rings (SSSR count). The van der Waals surface area contributed by atoms with E-state index in [4.69, 9.17) is 0 Å². The topological polar surface area (TPSA) is 6.48 Å². The molecule has 2 heteroatoms. The van der Waals surface area contributed by atoms with Crippen LogP contribution in [0.25, 0.3) is 55.6 Å². The number of hydrogen-bond acceptors (Lipinski definition) is 2. The lowest BCUT2D eigenvalue weighted by Gasteiger charge is -2.35. The third-order valence-electron chi connectivity index (χ3n) is 17.5. The molecule has 0 fully saturated rings. The molecule has 75 heavy (non-hydrogen) atoms. The molecule has 2 nitrogen and oxygen atoms in total. The molecular formula is C73H54N2. The van der Waals surface area contributed by atoms with E-state index in [0.29, 0.717) is 0 Å². The molecule has 1 spiro atoms. The van der Waals surface area contributed by atoms with Crippen molar-refractivity contribution in [3.8, 4) is 55.6 Å². The highest BCUT2D eigenvalue weighted by atomic mass is 15.2. The summed E-state index contributed by atoms with van der Waals surface area (Å²) in [7, 11) is 0. The van der Waals surface area contributed by atoms with Crippen LogP contribution in [-0.2, 0) is 16.2 Å². The highest BCUT2D eigenvalue weighted by Crippen LogP contribution is 2.64. The first-order chi connectivity index (χ1) is 36.7. The van der Waals surface area contributed by atoms with Gasteiger partial charge in [-0.15, -0.1) is 0 Å². The second-order valence-electron chi connectivity index (χ2n) is 22.0. The molecule has 0 heterocycles. The highest BCUT2D eigenvalue weighted by Gasteiger charge is 2.52. The molecule has 0 atom stereocenters. The molecule has 0 N–H and O–H groups in total. The van der Waals surface area contributed by atoms with Gasteiger partial charge < -0.3 is 9.80 Å². The normalized spacial score (nSPS) is 14.7. The largest absolute Gasteiger partial charge is 0.308 e. The van der Waals surface area contributed by atoms with Gasteiger partial charge in [-0.05, 0) is 161 Å². The summed E-state index contributed by atoms with van der Waals surface area (Å²) in [5.74, 6) is 0. The highest BCUT2D eigenvalue weighted by molar-refractivity contribution is 6.02. The monoisotopic (exact) mass is 958 g/mol. The molecule has 0 bridgehead atoms. The number of para-hydroxylation sites is 2. The van der Waals surface area contributed by atoms with Crippen LogP contribution in [0.3, 0.4) is 0 Å². The minimum Gasteiger partial charge on any atom is -0.308 e. The summed E-state index contributed by atoms with van der Waals surface area (Å²) in [5.41, 5.74) is 29.3. The lowest BCUT2D eigenvalue weighted by molar-refractivity contribution is 0.660. The van der Waals surface area contributed by atoms with Crippen LogP contribution in [0.15, 0.2) is 255 Å². The van der Waals surface area contributed by atoms with Crippen LogP contribution in [0.1, 0.15) is 72.2 Å². The van der Waals surface area contributed by atoms with E-state index >= 15 is 0 Å². The Morgan fingerprint density at radius 1 is 0.240 bits per heavy atom. The van der Waals surface area contributed by atoms with Crippen LogP contribution in [0.5, 0.6) is 0 Å². The van der Waals surface area contributed by atoms with E-state index in [1.165, 1.54) is 94.6 Å². The molecule has 0 aromatic heterocycles. The van der Waals surface area contributed by atoms with Gasteiger partial charge in [0.25, 0.3) is 0 Å². The molecule has 0 saturated heterocycles. The zero-order chi connectivity index (χ0) is 50.2. The van der Waals surface area contributed by atoms with Crippen molar-refractivity contribution >= 4 is 34.1 Å². The van der Waals surface area contributed by atoms with Gasteiger partial charge >= 0.3 is 0 Å². The summed E-state index contributed by atoms with van der Waals surface area (Å²) >= 11 is 0. The second kappa shape index (κ2) is 16.0. The molecule has 0 saturated carbocycles. The van der Waals surface area contributed by atoms with Crippen molar-refractivity contribution in [2.75, 3.05) is 9.80 Å². The van der Waals surface area contributed by atoms with Gasteiger partial charge in [0.05, 0.1) is 16.8 Å². The third-order valence-corrected chi connectivity index (χ3v) is 17.5. The molecule has 4 aliphatic carbocycles. The Labute approximate surface area is 440 Å². The van der Waals surface area contributed by atoms with Crippen LogP contribution in [0.4, 0.5) is 34.1 Å². The van der Waals surface area contributed by atoms with Gasteiger partial charge in [-0.3, -0.25) is 0 Å². The lowest BCUT2D eigenvalue weighted by atomic mass is 9.70. The quantitative estimate of drug-likeness (QED) is 0.157. The zero-order valence-electron chi connectivity index (χ0n) is 42.6. The van der Waals surface area contributed by atoms with Crippen LogP contribution in [-0.4, -0.2) is 0 Å². The number of fused-ring (bicyclic) bond motifs is 16. The van der Waals surface area contributed by atoms with Crippen molar-refractivity contribution in [2.45, 2.75) is 43.9 Å². The van der Waals surface area contributed by atoms with Gasteiger partial charge in [0.15, 0.2) is 0 Å². The Kier molecular flexibility index (Phi) is 9.30. The summed E-state index contributed by atoms with van der Waals surface area (Å²) in [6.07, 6.45) is 0. The fourth-order valence-electron chi connectivity index (χ4n) is 14.1. The van der Waals surface area contributed by atoms with Crippen LogP contribution >= 0.6 is 0 Å². The maximum Gasteiger partial charge on any atom is 0.0725 e. The van der Waals surface area contributed by atoms with Gasteiger partial charge in [0.2, 0.25) is 0 Å². The minimum absolute atomic E-state index is 0.177. The van der Waals surface area contributed by atoms with Crippen molar-refractivity contribution in [2.24, 2.45) is 0 Å². The summed E-state index contributed by atoms with van der Waals surface area (Å²) in [6.45, 7) is 9.52. The Morgan fingerprint density at radius 2 is 0.613 bits per heavy atom. The fraction of sp³-hybridized carbons (Fsp3) is 0.0959. The molecular weight excluding hydrogens is 905 g/mol. The van der Waals surface area contributed by atoms with Gasteiger partial charge in [0, 0.05) is 33.6 Å². The Balaban J connectivity index is 1.01. The van der Waals surface area contributed by atoms with E-state index < -0.39 is 5.41 Å². The second-order valence-corrected chi connectivity index (χ2v) is 22.0. The van der Waals surface area contributed by atoms with Crippen LogP contribution < -0.4 is 9.80 Å². The number of anilines is 6. The molecule has 11 aromatic rings. The maximum atomic E-state index is 2.52. The van der Waals surface area contributed by atoms with E-state index in [0.717, 1.165) is 39.7 Å². The molecule has 11 aromatic carbocycles. The van der Waals surface area contributed by atoms with E-state index in [1.54, 1.807) is 0 Å². The molecule has 0 radical (unpaired) electrons. The zero-order valence-corrected chi connectivity index (χ0v) is 42.6. The number of nitrogens with zero attached hydrogens (tertiary/aromatic N) is 2. The molecule has 0 aliphatic heterocycles. The first kappa shape index (κ1) is 43.6. The number of benzene rings is 11. The van der Waals surface area contributed by atoms with E-state index in [9.17, 15) is 0 Å². The van der Waals surface area contributed by atoms with Gasteiger partial charge in [-0.2, -0.15) is 0 Å². The van der Waals surface area contributed by atoms with Crippen molar-refractivity contribution < 1.29 is 0 Å². The summed E-state index contributed by atoms with van der Waals surface area (Å²) in [4.78, 5) is 5.01. The maximum absolute atomic E-state index is 2.52. The predicted octanol–water partition coefficient (Wildman–Crippen LogP) is 19.2. The molecule has 4 aliphatic rings. The van der Waals surface area contributed by atoms with Crippen molar-refractivity contribution in [3.05, 3.63) is 299 Å². The average molecular weight is 959 g/mol. The molecule has 356 valence electrons. The summed E-state index contributed by atoms with van der Waals surface area (Å²) in [5, 5.41) is 0. The predicted molar refractivity (Wildman–Crippen MR) is 313 cm³/mol. The Morgan fingerprint density at radius 3 is 1.12 bits per heavy atom. The van der Waals surface area contributed by atoms with Crippen molar-refractivity contribution in [1.82, 2.24) is 0 Å². The summed E-state index contributed by atoms with van der Waals surface area (Å²) in [6, 6.07) is 95.9. The van der Waals surface area contributed by atoms with Crippen LogP contribution in [0.2, 0.25) is 0 Å². The van der Waals surface area contributed by atoms with E-state index in [2.05, 4.69) is 292 Å². The first-order valence-corrected chi connectivity index (χ1v) is 26.5. The summed E-state index contributed by atoms with van der Waals surface area (Å²) < 4.78 is 0. The number of hydrogen-bond donors (Lipinski definition) is 0. The van der Waals surface area contributed by atoms with E-state index in [-0.39, 0.29) is 10.8 Å². The Hall–Kier alpha value is -8.98. The van der Waals surface area contributed by atoms with Gasteiger partial charge in [0.1, 0.15) is 0 Å². The third kappa shape index (κ3) is 6.03. The standard InChI is InChI=1S/C73H54N2/c1-71(2)60-32-16-11-26-53(60)57-41-39-50(45-66(57)71)74(48-22-7-5-8-23-48)68-43-38-47(44-69(68)75(49-24-9-6-10-25-49)51-40-42-58-54-27-12-17-33-61(54)72(3,4)67(58)46-51)52-31-21-37-65-70(52)59-30-15-20-36-64(59)73(65)62-34-18-13-28-55(62)56-29-14-19-35-63(56)73/h5-46H,1-4H3. The van der Waals surface area contributed by atoms with Gasteiger partial charge in [-0.1, -0.05) is 222 Å². The van der Waals surface area contributed by atoms with Crippen LogP contribution in [0, 0.1) is 0 Å². The fourth-order valence-corrected chi connectivity index (χ4v) is 14.1. The number of rotatable bonds is 7. The smallest absolute Gasteiger partial charge is 0.0725 e. The lowest BCUT2D eigenvalue weighted by Crippen LogP contribution is -2.25. The van der Waals surface area contributed by atoms with Crippen molar-refractivity contribution in [3.63, 3.8) is 0 Å². The van der Waals surface area contributed by atoms with Gasteiger partial charge in [-0.25, -0.2) is 0 Å². The SMILES string of the molecule is CC1(C)c2ccccc2-c2ccc(N(c3ccccc3)c3ccc(-c4cccc5c4-c4ccccc4C54c5ccccc5-c5ccccc54)cc3N(c3ccccc3)c3ccc4c(c3)C(C)(C)c3ccccc3-4)cc21. The van der Waals surface area contributed by atoms with Crippen molar-refractivity contribution in [1.29, 1.82) is 0 Å². The first-order valence-electron chi connectivity index (χ1n) is 26.5. The molecule has 0 unspecified atom stereocenters. The van der Waals surface area contributed by atoms with E-state index in [1.807, 2.05) is 0 Å². The molecule has 0 amide bonds.